The van der Waals surface area contributed by atoms with Crippen molar-refractivity contribution >= 4 is 18.6 Å². The van der Waals surface area contributed by atoms with Gasteiger partial charge in [-0.25, -0.2) is 0 Å². The van der Waals surface area contributed by atoms with Crippen LogP contribution >= 0.6 is 12.6 Å². The molecule has 0 heterocycles. The fourth-order valence-corrected chi connectivity index (χ4v) is 0.420. The predicted molar refractivity (Wildman–Crippen MR) is 39.7 cm³/mol. The van der Waals surface area contributed by atoms with Gasteiger partial charge in [0.1, 0.15) is 6.10 Å². The minimum atomic E-state index is -0.156. The maximum Gasteiger partial charge on any atom is 0.305 e. The maximum absolute atomic E-state index is 10.5. The predicted octanol–water partition coefficient (Wildman–Crippen LogP) is 1.26. The Kier molecular flexibility index (Phi) is 4.58. The minimum absolute atomic E-state index is 0.0548. The van der Waals surface area contributed by atoms with Crippen LogP contribution in [0.25, 0.3) is 0 Å². The lowest BCUT2D eigenvalue weighted by Gasteiger charge is -2.07. The molecule has 0 bridgehead atoms. The maximum atomic E-state index is 10.5. The quantitative estimate of drug-likeness (QED) is 0.481. The van der Waals surface area contributed by atoms with Crippen LogP contribution in [0.3, 0.4) is 0 Å². The molecule has 0 aromatic heterocycles. The highest BCUT2D eigenvalue weighted by atomic mass is 32.1. The molecule has 54 valence electrons. The largest absolute Gasteiger partial charge is 0.462 e. The number of thiol groups is 1. The van der Waals surface area contributed by atoms with Gasteiger partial charge in [-0.15, -0.1) is 0 Å². The third kappa shape index (κ3) is 4.33. The molecular weight excluding hydrogens is 136 g/mol. The number of esters is 1. The Morgan fingerprint density at radius 3 is 2.67 bits per heavy atom. The second-order valence-electron chi connectivity index (χ2n) is 1.84. The smallest absolute Gasteiger partial charge is 0.305 e. The van der Waals surface area contributed by atoms with Crippen molar-refractivity contribution in [1.82, 2.24) is 0 Å². The van der Waals surface area contributed by atoms with Gasteiger partial charge < -0.3 is 4.74 Å². The molecule has 0 aliphatic rings. The van der Waals surface area contributed by atoms with Crippen molar-refractivity contribution in [2.45, 2.75) is 26.4 Å². The van der Waals surface area contributed by atoms with Crippen molar-refractivity contribution in [3.63, 3.8) is 0 Å². The summed E-state index contributed by atoms with van der Waals surface area (Å²) in [5.41, 5.74) is 0. The zero-order valence-corrected chi connectivity index (χ0v) is 6.65. The lowest BCUT2D eigenvalue weighted by molar-refractivity contribution is -0.146. The molecule has 3 heteroatoms. The van der Waals surface area contributed by atoms with Crippen molar-refractivity contribution in [3.05, 3.63) is 0 Å². The Morgan fingerprint density at radius 2 is 2.33 bits per heavy atom. The third-order valence-corrected chi connectivity index (χ3v) is 1.39. The average Bonchev–Trinajstić information content (AvgIpc) is 1.87. The van der Waals surface area contributed by atoms with Crippen LogP contribution in [-0.2, 0) is 9.53 Å². The molecule has 2 nitrogen and oxygen atoms in total. The molecule has 0 N–H and O–H groups in total. The van der Waals surface area contributed by atoms with Crippen molar-refractivity contribution < 1.29 is 9.53 Å². The van der Waals surface area contributed by atoms with E-state index in [1.807, 2.05) is 6.92 Å². The summed E-state index contributed by atoms with van der Waals surface area (Å²) in [5, 5.41) is 0. The van der Waals surface area contributed by atoms with E-state index in [-0.39, 0.29) is 12.1 Å². The van der Waals surface area contributed by atoms with E-state index in [9.17, 15) is 4.79 Å². The van der Waals surface area contributed by atoms with Crippen LogP contribution in [0.5, 0.6) is 0 Å². The number of ether oxygens (including phenoxy) is 1. The molecule has 0 aliphatic carbocycles. The van der Waals surface area contributed by atoms with E-state index in [0.29, 0.717) is 12.2 Å². The highest BCUT2D eigenvalue weighted by Crippen LogP contribution is 1.95. The van der Waals surface area contributed by atoms with E-state index in [1.54, 1.807) is 6.92 Å². The SMILES string of the molecule is CCC(=O)OC(C)CS. The summed E-state index contributed by atoms with van der Waals surface area (Å²) in [6.07, 6.45) is 0.388. The van der Waals surface area contributed by atoms with Gasteiger partial charge in [0.2, 0.25) is 0 Å². The van der Waals surface area contributed by atoms with Crippen LogP contribution in [-0.4, -0.2) is 17.8 Å². The van der Waals surface area contributed by atoms with E-state index < -0.39 is 0 Å². The van der Waals surface area contributed by atoms with Crippen molar-refractivity contribution in [2.24, 2.45) is 0 Å². The van der Waals surface area contributed by atoms with Crippen LogP contribution < -0.4 is 0 Å². The molecule has 0 saturated heterocycles. The molecule has 0 saturated carbocycles. The first-order chi connectivity index (χ1) is 4.20. The Hall–Kier alpha value is -0.180. The van der Waals surface area contributed by atoms with Gasteiger partial charge in [-0.2, -0.15) is 12.6 Å². The number of carbonyl (C=O) groups excluding carboxylic acids is 1. The lowest BCUT2D eigenvalue weighted by Crippen LogP contribution is -2.14. The molecule has 0 aromatic carbocycles. The summed E-state index contributed by atoms with van der Waals surface area (Å²) in [7, 11) is 0. The summed E-state index contributed by atoms with van der Waals surface area (Å²) in [6, 6.07) is 0. The van der Waals surface area contributed by atoms with Crippen molar-refractivity contribution in [3.8, 4) is 0 Å². The number of hydrogen-bond acceptors (Lipinski definition) is 3. The molecule has 0 fully saturated rings. The summed E-state index contributed by atoms with van der Waals surface area (Å²) < 4.78 is 4.83. The standard InChI is InChI=1S/C6H12O2S/c1-3-6(7)8-5(2)4-9/h5,9H,3-4H2,1-2H3. The third-order valence-electron chi connectivity index (χ3n) is 0.878. The Labute approximate surface area is 61.0 Å². The lowest BCUT2D eigenvalue weighted by atomic mass is 10.4. The number of rotatable bonds is 3. The van der Waals surface area contributed by atoms with Crippen molar-refractivity contribution in [2.75, 3.05) is 5.75 Å². The molecule has 0 spiro atoms. The zero-order valence-electron chi connectivity index (χ0n) is 5.76. The van der Waals surface area contributed by atoms with Crippen LogP contribution in [0.15, 0.2) is 0 Å². The normalized spacial score (nSPS) is 12.8. The fraction of sp³-hybridized carbons (Fsp3) is 0.833. The van der Waals surface area contributed by atoms with Crippen LogP contribution in [0.2, 0.25) is 0 Å². The van der Waals surface area contributed by atoms with Gasteiger partial charge in [0.15, 0.2) is 0 Å². The summed E-state index contributed by atoms with van der Waals surface area (Å²) in [4.78, 5) is 10.5. The molecule has 0 aromatic rings. The summed E-state index contributed by atoms with van der Waals surface area (Å²) in [6.45, 7) is 3.59. The molecular formula is C6H12O2S. The van der Waals surface area contributed by atoms with Crippen LogP contribution in [0.1, 0.15) is 20.3 Å². The Balaban J connectivity index is 3.34. The first-order valence-corrected chi connectivity index (χ1v) is 3.64. The fourth-order valence-electron chi connectivity index (χ4n) is 0.345. The second kappa shape index (κ2) is 4.68. The molecule has 0 radical (unpaired) electrons. The first kappa shape index (κ1) is 8.82. The first-order valence-electron chi connectivity index (χ1n) is 3.01. The monoisotopic (exact) mass is 148 g/mol. The Bertz CT molecular complexity index is 93.1. The van der Waals surface area contributed by atoms with E-state index in [2.05, 4.69) is 12.6 Å². The van der Waals surface area contributed by atoms with Crippen LogP contribution in [0.4, 0.5) is 0 Å². The van der Waals surface area contributed by atoms with E-state index in [1.165, 1.54) is 0 Å². The molecule has 0 aliphatic heterocycles. The van der Waals surface area contributed by atoms with Gasteiger partial charge >= 0.3 is 5.97 Å². The summed E-state index contributed by atoms with van der Waals surface area (Å²) in [5.74, 6) is 0.433. The summed E-state index contributed by atoms with van der Waals surface area (Å²) >= 11 is 3.95. The zero-order chi connectivity index (χ0) is 7.28. The topological polar surface area (TPSA) is 26.3 Å². The molecule has 0 amide bonds. The highest BCUT2D eigenvalue weighted by Gasteiger charge is 2.03. The van der Waals surface area contributed by atoms with Gasteiger partial charge in [0, 0.05) is 12.2 Å². The van der Waals surface area contributed by atoms with E-state index in [4.69, 9.17) is 4.74 Å². The second-order valence-corrected chi connectivity index (χ2v) is 2.20. The average molecular weight is 148 g/mol. The minimum Gasteiger partial charge on any atom is -0.462 e. The van der Waals surface area contributed by atoms with Gasteiger partial charge in [0.25, 0.3) is 0 Å². The van der Waals surface area contributed by atoms with Gasteiger partial charge in [0.05, 0.1) is 0 Å². The molecule has 0 rings (SSSR count). The molecule has 1 atom stereocenters. The van der Waals surface area contributed by atoms with E-state index in [0.717, 1.165) is 0 Å². The molecule has 9 heavy (non-hydrogen) atoms. The van der Waals surface area contributed by atoms with Crippen molar-refractivity contribution in [1.29, 1.82) is 0 Å². The van der Waals surface area contributed by atoms with Gasteiger partial charge in [-0.05, 0) is 6.92 Å². The van der Waals surface area contributed by atoms with Gasteiger partial charge in [-0.1, -0.05) is 6.92 Å². The molecule has 1 unspecified atom stereocenters. The number of carbonyl (C=O) groups is 1. The highest BCUT2D eigenvalue weighted by molar-refractivity contribution is 7.80. The van der Waals surface area contributed by atoms with Gasteiger partial charge in [-0.3, -0.25) is 4.79 Å². The number of hydrogen-bond donors (Lipinski definition) is 1. The van der Waals surface area contributed by atoms with Crippen LogP contribution in [0, 0.1) is 0 Å². The Morgan fingerprint density at radius 1 is 1.78 bits per heavy atom. The van der Waals surface area contributed by atoms with E-state index >= 15 is 0 Å².